The number of hydrogen-bond donors (Lipinski definition) is 0. The molecule has 1 aromatic rings. The molecule has 12 heavy (non-hydrogen) atoms. The third kappa shape index (κ3) is 1.32. The summed E-state index contributed by atoms with van der Waals surface area (Å²) in [6.45, 7) is 1.54. The van der Waals surface area contributed by atoms with Gasteiger partial charge < -0.3 is 4.74 Å². The summed E-state index contributed by atoms with van der Waals surface area (Å²) in [6, 6.07) is 0.334. The molecule has 1 fully saturated rings. The van der Waals surface area contributed by atoms with Gasteiger partial charge in [-0.1, -0.05) is 0 Å². The van der Waals surface area contributed by atoms with E-state index in [4.69, 9.17) is 16.3 Å². The van der Waals surface area contributed by atoms with Gasteiger partial charge in [0.15, 0.2) is 0 Å². The number of aromatic nitrogens is 3. The molecule has 0 spiro atoms. The minimum absolute atomic E-state index is 0.334. The molecular formula is C7H10ClN3O. The smallest absolute Gasteiger partial charge is 0.142 e. The number of ether oxygens (including phenoxy) is 1. The maximum atomic E-state index is 5.69. The largest absolute Gasteiger partial charge is 0.379 e. The first kappa shape index (κ1) is 8.01. The lowest BCUT2D eigenvalue weighted by Crippen LogP contribution is -2.13. The molecule has 66 valence electrons. The molecule has 2 rings (SSSR count). The van der Waals surface area contributed by atoms with Gasteiger partial charge >= 0.3 is 0 Å². The van der Waals surface area contributed by atoms with Gasteiger partial charge in [-0.05, 0) is 6.42 Å². The number of alkyl halides is 1. The van der Waals surface area contributed by atoms with Crippen molar-refractivity contribution >= 4 is 11.6 Å². The Bertz CT molecular complexity index is 257. The van der Waals surface area contributed by atoms with Crippen molar-refractivity contribution in [1.82, 2.24) is 14.8 Å². The fourth-order valence-corrected chi connectivity index (χ4v) is 1.58. The Morgan fingerprint density at radius 3 is 3.33 bits per heavy atom. The highest BCUT2D eigenvalue weighted by Crippen LogP contribution is 2.19. The van der Waals surface area contributed by atoms with Crippen LogP contribution >= 0.6 is 11.6 Å². The molecule has 4 nitrogen and oxygen atoms in total. The molecule has 1 saturated heterocycles. The van der Waals surface area contributed by atoms with Crippen LogP contribution in [0.5, 0.6) is 0 Å². The van der Waals surface area contributed by atoms with Crippen LogP contribution in [0.1, 0.15) is 18.3 Å². The molecule has 0 aliphatic carbocycles. The molecule has 1 aliphatic heterocycles. The first-order valence-corrected chi connectivity index (χ1v) is 4.47. The molecule has 1 aromatic heterocycles. The third-order valence-electron chi connectivity index (χ3n) is 2.02. The maximum Gasteiger partial charge on any atom is 0.142 e. The van der Waals surface area contributed by atoms with E-state index in [1.807, 2.05) is 4.68 Å². The van der Waals surface area contributed by atoms with E-state index in [0.717, 1.165) is 25.5 Å². The average molecular weight is 188 g/mol. The summed E-state index contributed by atoms with van der Waals surface area (Å²) in [7, 11) is 0. The molecule has 1 unspecified atom stereocenters. The Balaban J connectivity index is 2.19. The molecule has 2 heterocycles. The van der Waals surface area contributed by atoms with Crippen LogP contribution < -0.4 is 0 Å². The zero-order chi connectivity index (χ0) is 8.39. The van der Waals surface area contributed by atoms with E-state index in [2.05, 4.69) is 10.1 Å². The quantitative estimate of drug-likeness (QED) is 0.648. The third-order valence-corrected chi connectivity index (χ3v) is 2.26. The molecule has 1 aliphatic rings. The van der Waals surface area contributed by atoms with Crippen LogP contribution in [-0.4, -0.2) is 28.0 Å². The molecule has 5 heteroatoms. The molecule has 0 amide bonds. The first-order chi connectivity index (χ1) is 5.92. The highest BCUT2D eigenvalue weighted by atomic mass is 35.5. The van der Waals surface area contributed by atoms with Crippen molar-refractivity contribution in [3.05, 3.63) is 12.2 Å². The molecule has 0 bridgehead atoms. The van der Waals surface area contributed by atoms with Crippen molar-refractivity contribution in [1.29, 1.82) is 0 Å². The summed E-state index contributed by atoms with van der Waals surface area (Å²) in [5, 5.41) is 4.11. The molecule has 1 atom stereocenters. The molecule has 0 aromatic carbocycles. The second-order valence-corrected chi connectivity index (χ2v) is 3.04. The van der Waals surface area contributed by atoms with Gasteiger partial charge in [0.05, 0.1) is 18.5 Å². The molecular weight excluding hydrogens is 178 g/mol. The normalized spacial score (nSPS) is 23.2. The minimum Gasteiger partial charge on any atom is -0.379 e. The van der Waals surface area contributed by atoms with Gasteiger partial charge in [-0.25, -0.2) is 9.67 Å². The first-order valence-electron chi connectivity index (χ1n) is 3.94. The molecule has 0 saturated carbocycles. The zero-order valence-electron chi connectivity index (χ0n) is 6.61. The van der Waals surface area contributed by atoms with Crippen LogP contribution in [0.2, 0.25) is 0 Å². The van der Waals surface area contributed by atoms with Gasteiger partial charge in [0.1, 0.15) is 12.2 Å². The zero-order valence-corrected chi connectivity index (χ0v) is 7.37. The van der Waals surface area contributed by atoms with Crippen molar-refractivity contribution in [2.75, 3.05) is 13.2 Å². The predicted octanol–water partition coefficient (Wildman–Crippen LogP) is 0.978. The minimum atomic E-state index is 0.334. The highest BCUT2D eigenvalue weighted by Gasteiger charge is 2.20. The summed E-state index contributed by atoms with van der Waals surface area (Å²) >= 11 is 5.69. The Morgan fingerprint density at radius 2 is 2.67 bits per heavy atom. The fourth-order valence-electron chi connectivity index (χ4n) is 1.39. The second kappa shape index (κ2) is 3.41. The summed E-state index contributed by atoms with van der Waals surface area (Å²) in [6.07, 6.45) is 2.54. The van der Waals surface area contributed by atoms with Crippen molar-refractivity contribution < 1.29 is 4.74 Å². The lowest BCUT2D eigenvalue weighted by molar-refractivity contribution is 0.184. The summed E-state index contributed by atoms with van der Waals surface area (Å²) < 4.78 is 7.11. The van der Waals surface area contributed by atoms with Crippen molar-refractivity contribution in [2.45, 2.75) is 18.3 Å². The second-order valence-electron chi connectivity index (χ2n) is 2.77. The van der Waals surface area contributed by atoms with Crippen LogP contribution in [0.3, 0.4) is 0 Å². The predicted molar refractivity (Wildman–Crippen MR) is 44.1 cm³/mol. The average Bonchev–Trinajstić information content (AvgIpc) is 2.74. The summed E-state index contributed by atoms with van der Waals surface area (Å²) in [4.78, 5) is 4.04. The van der Waals surface area contributed by atoms with Gasteiger partial charge in [-0.3, -0.25) is 0 Å². The fraction of sp³-hybridized carbons (Fsp3) is 0.714. The van der Waals surface area contributed by atoms with Crippen molar-refractivity contribution in [3.8, 4) is 0 Å². The Morgan fingerprint density at radius 1 is 1.75 bits per heavy atom. The van der Waals surface area contributed by atoms with Crippen LogP contribution in [-0.2, 0) is 10.6 Å². The molecule has 0 N–H and O–H groups in total. The lowest BCUT2D eigenvalue weighted by atomic mass is 10.3. The van der Waals surface area contributed by atoms with E-state index in [1.54, 1.807) is 0 Å². The van der Waals surface area contributed by atoms with Crippen LogP contribution in [0.25, 0.3) is 0 Å². The summed E-state index contributed by atoms with van der Waals surface area (Å²) in [5.74, 6) is 1.24. The van der Waals surface area contributed by atoms with Crippen LogP contribution in [0, 0.1) is 0 Å². The van der Waals surface area contributed by atoms with E-state index in [-0.39, 0.29) is 0 Å². The monoisotopic (exact) mass is 187 g/mol. The van der Waals surface area contributed by atoms with Gasteiger partial charge in [0.25, 0.3) is 0 Å². The maximum absolute atomic E-state index is 5.69. The van der Waals surface area contributed by atoms with Crippen LogP contribution in [0.15, 0.2) is 6.33 Å². The Hall–Kier alpha value is -0.610. The van der Waals surface area contributed by atoms with E-state index >= 15 is 0 Å². The van der Waals surface area contributed by atoms with Crippen LogP contribution in [0.4, 0.5) is 0 Å². The van der Waals surface area contributed by atoms with Gasteiger partial charge in [-0.15, -0.1) is 11.6 Å². The van der Waals surface area contributed by atoms with Crippen molar-refractivity contribution in [3.63, 3.8) is 0 Å². The van der Waals surface area contributed by atoms with E-state index in [0.29, 0.717) is 11.9 Å². The number of nitrogens with zero attached hydrogens (tertiary/aromatic N) is 3. The number of hydrogen-bond acceptors (Lipinski definition) is 3. The Labute approximate surface area is 75.5 Å². The number of halogens is 1. The van der Waals surface area contributed by atoms with Crippen molar-refractivity contribution in [2.24, 2.45) is 0 Å². The molecule has 0 radical (unpaired) electrons. The standard InChI is InChI=1S/C7H10ClN3O/c8-3-7-9-5-10-11(7)6-1-2-12-4-6/h5-6H,1-4H2. The van der Waals surface area contributed by atoms with Gasteiger partial charge in [-0.2, -0.15) is 5.10 Å². The van der Waals surface area contributed by atoms with Gasteiger partial charge in [0.2, 0.25) is 0 Å². The lowest BCUT2D eigenvalue weighted by Gasteiger charge is -2.09. The summed E-state index contributed by atoms with van der Waals surface area (Å²) in [5.41, 5.74) is 0. The van der Waals surface area contributed by atoms with E-state index in [1.165, 1.54) is 6.33 Å². The highest BCUT2D eigenvalue weighted by molar-refractivity contribution is 6.16. The van der Waals surface area contributed by atoms with E-state index in [9.17, 15) is 0 Å². The SMILES string of the molecule is ClCc1ncnn1C1CCOC1. The number of rotatable bonds is 2. The topological polar surface area (TPSA) is 39.9 Å². The van der Waals surface area contributed by atoms with E-state index < -0.39 is 0 Å². The van der Waals surface area contributed by atoms with Gasteiger partial charge in [0, 0.05) is 6.61 Å². The Kier molecular flexibility index (Phi) is 2.28.